The fourth-order valence-electron chi connectivity index (χ4n) is 2.41. The van der Waals surface area contributed by atoms with E-state index in [9.17, 15) is 13.2 Å². The lowest BCUT2D eigenvalue weighted by atomic mass is 10.0. The molecule has 1 aromatic carbocycles. The average molecular weight is 337 g/mol. The van der Waals surface area contributed by atoms with Crippen molar-refractivity contribution >= 4 is 15.9 Å². The summed E-state index contributed by atoms with van der Waals surface area (Å²) >= 11 is 3.18. The maximum atomic E-state index is 13.6. The molecule has 2 rings (SSSR count). The molecule has 0 unspecified atom stereocenters. The van der Waals surface area contributed by atoms with Crippen molar-refractivity contribution < 1.29 is 13.2 Å². The number of nitrogens with one attached hydrogen (secondary N) is 1. The van der Waals surface area contributed by atoms with Crippen LogP contribution in [0.2, 0.25) is 0 Å². The molecule has 1 saturated heterocycles. The van der Waals surface area contributed by atoms with Crippen molar-refractivity contribution in [3.63, 3.8) is 0 Å². The number of hydrogen-bond acceptors (Lipinski definition) is 2. The van der Waals surface area contributed by atoms with Crippen LogP contribution in [-0.2, 0) is 0 Å². The Labute approximate surface area is 119 Å². The van der Waals surface area contributed by atoms with E-state index >= 15 is 0 Å². The van der Waals surface area contributed by atoms with Gasteiger partial charge in [-0.3, -0.25) is 4.90 Å². The standard InChI is InChI=1S/C13H16BrF3N2/c14-13-9(2-1-3-10(13)15)11(8-12(16)17)19-6-4-18-5-7-19/h1-3,11-12,18H,4-8H2/t11-/m1/s1. The zero-order valence-electron chi connectivity index (χ0n) is 10.4. The molecule has 1 fully saturated rings. The second-order valence-electron chi connectivity index (χ2n) is 4.57. The van der Waals surface area contributed by atoms with Crippen LogP contribution in [0.3, 0.4) is 0 Å². The molecular formula is C13H16BrF3N2. The monoisotopic (exact) mass is 336 g/mol. The molecule has 0 aliphatic carbocycles. The highest BCUT2D eigenvalue weighted by Crippen LogP contribution is 2.33. The Hall–Kier alpha value is -0.590. The molecule has 0 aromatic heterocycles. The Morgan fingerprint density at radius 2 is 1.95 bits per heavy atom. The van der Waals surface area contributed by atoms with E-state index in [1.54, 1.807) is 12.1 Å². The lowest BCUT2D eigenvalue weighted by Crippen LogP contribution is -2.45. The minimum Gasteiger partial charge on any atom is -0.314 e. The first-order chi connectivity index (χ1) is 9.09. The molecule has 0 saturated carbocycles. The summed E-state index contributed by atoms with van der Waals surface area (Å²) in [5.41, 5.74) is 0.599. The molecule has 6 heteroatoms. The molecule has 1 aromatic rings. The molecule has 1 atom stereocenters. The molecule has 0 amide bonds. The van der Waals surface area contributed by atoms with Gasteiger partial charge >= 0.3 is 0 Å². The summed E-state index contributed by atoms with van der Waals surface area (Å²) in [6.07, 6.45) is -2.68. The largest absolute Gasteiger partial charge is 0.314 e. The number of benzene rings is 1. The van der Waals surface area contributed by atoms with Crippen molar-refractivity contribution in [1.82, 2.24) is 10.2 Å². The van der Waals surface area contributed by atoms with Crippen molar-refractivity contribution in [2.24, 2.45) is 0 Å². The van der Waals surface area contributed by atoms with Crippen LogP contribution in [0.4, 0.5) is 13.2 Å². The van der Waals surface area contributed by atoms with Gasteiger partial charge in [-0.15, -0.1) is 0 Å². The third-order valence-corrected chi connectivity index (χ3v) is 4.17. The van der Waals surface area contributed by atoms with E-state index in [4.69, 9.17) is 0 Å². The van der Waals surface area contributed by atoms with Crippen LogP contribution in [0, 0.1) is 5.82 Å². The molecule has 19 heavy (non-hydrogen) atoms. The fourth-order valence-corrected chi connectivity index (χ4v) is 2.94. The van der Waals surface area contributed by atoms with Gasteiger partial charge in [0.1, 0.15) is 5.82 Å². The van der Waals surface area contributed by atoms with Gasteiger partial charge in [0, 0.05) is 38.6 Å². The first-order valence-corrected chi connectivity index (χ1v) is 7.05. The van der Waals surface area contributed by atoms with Crippen LogP contribution in [0.25, 0.3) is 0 Å². The van der Waals surface area contributed by atoms with Gasteiger partial charge in [-0.25, -0.2) is 13.2 Å². The van der Waals surface area contributed by atoms with E-state index in [1.165, 1.54) is 6.07 Å². The molecule has 0 radical (unpaired) electrons. The summed E-state index contributed by atoms with van der Waals surface area (Å²) in [6.45, 7) is 2.93. The van der Waals surface area contributed by atoms with E-state index in [-0.39, 0.29) is 6.42 Å². The van der Waals surface area contributed by atoms with E-state index in [1.807, 2.05) is 4.90 Å². The van der Waals surface area contributed by atoms with E-state index in [2.05, 4.69) is 21.2 Å². The summed E-state index contributed by atoms with van der Waals surface area (Å²) < 4.78 is 39.5. The third-order valence-electron chi connectivity index (χ3n) is 3.33. The second kappa shape index (κ2) is 6.72. The quantitative estimate of drug-likeness (QED) is 0.908. The summed E-state index contributed by atoms with van der Waals surface area (Å²) in [7, 11) is 0. The van der Waals surface area contributed by atoms with Crippen LogP contribution >= 0.6 is 15.9 Å². The zero-order valence-corrected chi connectivity index (χ0v) is 12.0. The van der Waals surface area contributed by atoms with Crippen molar-refractivity contribution in [3.05, 3.63) is 34.1 Å². The Bertz CT molecular complexity index is 422. The predicted molar refractivity (Wildman–Crippen MR) is 71.9 cm³/mol. The molecule has 106 valence electrons. The van der Waals surface area contributed by atoms with Crippen LogP contribution in [-0.4, -0.2) is 37.5 Å². The molecule has 0 bridgehead atoms. The lowest BCUT2D eigenvalue weighted by Gasteiger charge is -2.35. The summed E-state index contributed by atoms with van der Waals surface area (Å²) in [5.74, 6) is -0.410. The highest BCUT2D eigenvalue weighted by Gasteiger charge is 2.27. The topological polar surface area (TPSA) is 15.3 Å². The number of rotatable bonds is 4. The van der Waals surface area contributed by atoms with Gasteiger partial charge in [-0.05, 0) is 27.6 Å². The van der Waals surface area contributed by atoms with E-state index in [0.29, 0.717) is 23.1 Å². The number of hydrogen-bond donors (Lipinski definition) is 1. The predicted octanol–water partition coefficient (Wildman–Crippen LogP) is 3.19. The summed E-state index contributed by atoms with van der Waals surface area (Å²) in [6, 6.07) is 4.15. The molecule has 1 heterocycles. The lowest BCUT2D eigenvalue weighted by molar-refractivity contribution is 0.0735. The number of piperazine rings is 1. The van der Waals surface area contributed by atoms with Gasteiger partial charge in [0.2, 0.25) is 6.43 Å². The van der Waals surface area contributed by atoms with Gasteiger partial charge in [-0.1, -0.05) is 12.1 Å². The first kappa shape index (κ1) is 14.8. The van der Waals surface area contributed by atoms with Gasteiger partial charge in [0.25, 0.3) is 0 Å². The maximum absolute atomic E-state index is 13.6. The molecule has 1 N–H and O–H groups in total. The van der Waals surface area contributed by atoms with Crippen molar-refractivity contribution in [3.8, 4) is 0 Å². The second-order valence-corrected chi connectivity index (χ2v) is 5.36. The van der Waals surface area contributed by atoms with Crippen molar-refractivity contribution in [2.45, 2.75) is 18.9 Å². The molecule has 1 aliphatic heterocycles. The Morgan fingerprint density at radius 3 is 2.58 bits per heavy atom. The van der Waals surface area contributed by atoms with E-state index in [0.717, 1.165) is 13.1 Å². The van der Waals surface area contributed by atoms with Crippen LogP contribution in [0.15, 0.2) is 22.7 Å². The van der Waals surface area contributed by atoms with Gasteiger partial charge in [0.05, 0.1) is 4.47 Å². The molecule has 1 aliphatic rings. The number of nitrogens with zero attached hydrogens (tertiary/aromatic N) is 1. The van der Waals surface area contributed by atoms with Crippen LogP contribution in [0.1, 0.15) is 18.0 Å². The molecule has 0 spiro atoms. The molecule has 2 nitrogen and oxygen atoms in total. The number of alkyl halides is 2. The van der Waals surface area contributed by atoms with Gasteiger partial charge in [0.15, 0.2) is 0 Å². The summed E-state index contributed by atoms with van der Waals surface area (Å²) in [5, 5.41) is 3.19. The van der Waals surface area contributed by atoms with Gasteiger partial charge < -0.3 is 5.32 Å². The highest BCUT2D eigenvalue weighted by molar-refractivity contribution is 9.10. The maximum Gasteiger partial charge on any atom is 0.240 e. The Morgan fingerprint density at radius 1 is 1.26 bits per heavy atom. The van der Waals surface area contributed by atoms with Crippen LogP contribution in [0.5, 0.6) is 0 Å². The highest BCUT2D eigenvalue weighted by atomic mass is 79.9. The third kappa shape index (κ3) is 3.70. The smallest absolute Gasteiger partial charge is 0.240 e. The minimum absolute atomic E-state index is 0.276. The normalized spacial score (nSPS) is 18.8. The minimum atomic E-state index is -2.41. The van der Waals surface area contributed by atoms with E-state index < -0.39 is 18.3 Å². The van der Waals surface area contributed by atoms with Crippen molar-refractivity contribution in [2.75, 3.05) is 26.2 Å². The van der Waals surface area contributed by atoms with Gasteiger partial charge in [-0.2, -0.15) is 0 Å². The molecular weight excluding hydrogens is 321 g/mol. The average Bonchev–Trinajstić information content (AvgIpc) is 2.40. The summed E-state index contributed by atoms with van der Waals surface area (Å²) in [4.78, 5) is 1.99. The zero-order chi connectivity index (χ0) is 13.8. The van der Waals surface area contributed by atoms with Crippen LogP contribution < -0.4 is 5.32 Å². The van der Waals surface area contributed by atoms with Crippen molar-refractivity contribution in [1.29, 1.82) is 0 Å². The fraction of sp³-hybridized carbons (Fsp3) is 0.538. The first-order valence-electron chi connectivity index (χ1n) is 6.26. The number of halogens is 4. The Balaban J connectivity index is 2.27. The Kier molecular flexibility index (Phi) is 5.24. The SMILES string of the molecule is Fc1cccc([C@@H](CC(F)F)N2CCNCC2)c1Br.